The molecule has 0 aromatic heterocycles. The average molecular weight is 400 g/mol. The molecule has 0 radical (unpaired) electrons. The number of benzene rings is 2. The summed E-state index contributed by atoms with van der Waals surface area (Å²) in [5.41, 5.74) is 1.54. The fourth-order valence-electron chi connectivity index (χ4n) is 2.30. The molecule has 6 N–H and O–H groups in total. The van der Waals surface area contributed by atoms with Gasteiger partial charge in [0.2, 0.25) is 0 Å². The van der Waals surface area contributed by atoms with Gasteiger partial charge in [0.15, 0.2) is 0 Å². The van der Waals surface area contributed by atoms with E-state index in [9.17, 15) is 26.6 Å². The molecule has 8 nitrogen and oxygen atoms in total. The van der Waals surface area contributed by atoms with Gasteiger partial charge in [-0.25, -0.2) is 0 Å². The third-order valence-electron chi connectivity index (χ3n) is 3.62. The van der Waals surface area contributed by atoms with Crippen LogP contribution in [0.25, 0.3) is 12.2 Å². The highest BCUT2D eigenvalue weighted by atomic mass is 32.3. The van der Waals surface area contributed by atoms with Gasteiger partial charge in [0, 0.05) is 25.5 Å². The zero-order chi connectivity index (χ0) is 19.5. The monoisotopic (exact) mass is 400 g/mol. The van der Waals surface area contributed by atoms with Crippen molar-refractivity contribution < 1.29 is 26.6 Å². The molecule has 0 amide bonds. The normalized spacial score (nSPS) is 13.0. The van der Waals surface area contributed by atoms with E-state index in [4.69, 9.17) is 0 Å². The molecule has 0 spiro atoms. The number of hydrogen-bond donors (Lipinski definition) is 6. The van der Waals surface area contributed by atoms with Crippen LogP contribution in [0.2, 0.25) is 0 Å². The number of anilines is 2. The Morgan fingerprint density at radius 2 is 1.19 bits per heavy atom. The van der Waals surface area contributed by atoms with E-state index in [1.54, 1.807) is 26.2 Å². The van der Waals surface area contributed by atoms with Gasteiger partial charge in [0.25, 0.3) is 10.1 Å². The zero-order valence-electron chi connectivity index (χ0n) is 14.0. The lowest BCUT2D eigenvalue weighted by atomic mass is 10.1. The Balaban J connectivity index is 2.55. The van der Waals surface area contributed by atoms with E-state index in [2.05, 4.69) is 10.6 Å². The van der Waals surface area contributed by atoms with Crippen LogP contribution in [0, 0.1) is 0 Å². The molecule has 2 aromatic rings. The van der Waals surface area contributed by atoms with Gasteiger partial charge in [-0.15, -0.1) is 0 Å². The van der Waals surface area contributed by atoms with E-state index >= 15 is 0 Å². The minimum Gasteiger partial charge on any atom is -0.388 e. The predicted octanol–water partition coefficient (Wildman–Crippen LogP) is 3.77. The van der Waals surface area contributed by atoms with Crippen LogP contribution in [0.4, 0.5) is 11.4 Å². The van der Waals surface area contributed by atoms with Crippen LogP contribution < -0.4 is 10.6 Å². The summed E-state index contributed by atoms with van der Waals surface area (Å²) in [6, 6.07) is 8.96. The molecule has 0 bridgehead atoms. The van der Waals surface area contributed by atoms with Crippen LogP contribution in [-0.4, -0.2) is 40.7 Å². The van der Waals surface area contributed by atoms with Crippen molar-refractivity contribution in [3.8, 4) is 0 Å². The third kappa shape index (κ3) is 4.75. The van der Waals surface area contributed by atoms with Crippen LogP contribution >= 0.6 is 10.9 Å². The highest BCUT2D eigenvalue weighted by molar-refractivity contribution is 8.19. The lowest BCUT2D eigenvalue weighted by Crippen LogP contribution is -2.02. The molecule has 2 rings (SSSR count). The Morgan fingerprint density at radius 1 is 0.769 bits per heavy atom. The minimum atomic E-state index is -4.46. The number of nitrogens with one attached hydrogen (secondary N) is 2. The minimum absolute atomic E-state index is 0.110. The lowest BCUT2D eigenvalue weighted by Gasteiger charge is -2.22. The SMILES string of the molecule is CNc1ccc(/C=C/c2ccc(NC)cc2S(=O)(=O)O)c(S(O)(O)O)c1. The van der Waals surface area contributed by atoms with Crippen molar-refractivity contribution in [3.05, 3.63) is 47.5 Å². The molecule has 0 saturated carbocycles. The van der Waals surface area contributed by atoms with Crippen LogP contribution in [0.1, 0.15) is 11.1 Å². The van der Waals surface area contributed by atoms with Crippen LogP contribution in [0.5, 0.6) is 0 Å². The Hall–Kier alpha value is -2.08. The average Bonchev–Trinajstić information content (AvgIpc) is 2.58. The van der Waals surface area contributed by atoms with Crippen molar-refractivity contribution in [2.75, 3.05) is 24.7 Å². The molecule has 0 aliphatic carbocycles. The maximum Gasteiger partial charge on any atom is 0.295 e. The first-order valence-electron chi connectivity index (χ1n) is 7.36. The van der Waals surface area contributed by atoms with Gasteiger partial charge in [-0.3, -0.25) is 4.55 Å². The van der Waals surface area contributed by atoms with Crippen molar-refractivity contribution in [2.45, 2.75) is 9.79 Å². The lowest BCUT2D eigenvalue weighted by molar-refractivity contribution is 0.376. The standard InChI is InChI=1S/C16H20N2O6S2/c1-17-13-7-5-11(15(9-13)25(19,20)21)3-4-12-6-8-14(18-2)10-16(12)26(22,23)24/h3-10,17-21H,1-2H3,(H,22,23,24)/b4-3+. The Labute approximate surface area is 153 Å². The fourth-order valence-corrected chi connectivity index (χ4v) is 3.74. The smallest absolute Gasteiger partial charge is 0.295 e. The molecule has 0 heterocycles. The van der Waals surface area contributed by atoms with Crippen LogP contribution in [-0.2, 0) is 10.1 Å². The molecule has 142 valence electrons. The van der Waals surface area contributed by atoms with Crippen LogP contribution in [0.15, 0.2) is 46.2 Å². The highest BCUT2D eigenvalue weighted by Gasteiger charge is 2.20. The van der Waals surface area contributed by atoms with Crippen molar-refractivity contribution in [2.24, 2.45) is 0 Å². The third-order valence-corrected chi connectivity index (χ3v) is 5.47. The molecule has 2 aromatic carbocycles. The summed E-state index contributed by atoms with van der Waals surface area (Å²) in [6.45, 7) is 0. The fraction of sp³-hybridized carbons (Fsp3) is 0.125. The first kappa shape index (κ1) is 20.2. The molecule has 26 heavy (non-hydrogen) atoms. The van der Waals surface area contributed by atoms with Gasteiger partial charge < -0.3 is 24.3 Å². The first-order valence-corrected chi connectivity index (χ1v) is 10.3. The topological polar surface area (TPSA) is 139 Å². The quantitative estimate of drug-likeness (QED) is 0.318. The van der Waals surface area contributed by atoms with Crippen molar-refractivity contribution in [1.29, 1.82) is 0 Å². The molecule has 0 saturated heterocycles. The maximum atomic E-state index is 11.6. The largest absolute Gasteiger partial charge is 0.388 e. The molecule has 0 unspecified atom stereocenters. The van der Waals surface area contributed by atoms with E-state index in [-0.39, 0.29) is 20.9 Å². The number of hydrogen-bond acceptors (Lipinski definition) is 7. The first-order chi connectivity index (χ1) is 12.1. The molecule has 10 heteroatoms. The highest BCUT2D eigenvalue weighted by Crippen LogP contribution is 2.47. The summed E-state index contributed by atoms with van der Waals surface area (Å²) in [6.07, 6.45) is 2.81. The number of rotatable bonds is 6. The molecular weight excluding hydrogens is 380 g/mol. The molecule has 0 aliphatic heterocycles. The van der Waals surface area contributed by atoms with Gasteiger partial charge in [0.1, 0.15) is 15.8 Å². The van der Waals surface area contributed by atoms with Gasteiger partial charge in [-0.2, -0.15) is 8.42 Å². The Morgan fingerprint density at radius 3 is 1.58 bits per heavy atom. The van der Waals surface area contributed by atoms with Gasteiger partial charge in [0.05, 0.1) is 4.90 Å². The summed E-state index contributed by atoms with van der Waals surface area (Å²) in [5.74, 6) is 0. The van der Waals surface area contributed by atoms with Gasteiger partial charge in [-0.05, 0) is 35.4 Å². The van der Waals surface area contributed by atoms with Gasteiger partial charge in [-0.1, -0.05) is 24.3 Å². The van der Waals surface area contributed by atoms with Crippen molar-refractivity contribution >= 4 is 44.5 Å². The van der Waals surface area contributed by atoms with E-state index in [0.717, 1.165) is 0 Å². The summed E-state index contributed by atoms with van der Waals surface area (Å²) in [5, 5.41) is 5.60. The van der Waals surface area contributed by atoms with Crippen molar-refractivity contribution in [3.63, 3.8) is 0 Å². The van der Waals surface area contributed by atoms with E-state index in [1.165, 1.54) is 36.4 Å². The second-order valence-corrected chi connectivity index (χ2v) is 8.20. The molecule has 0 aliphatic rings. The van der Waals surface area contributed by atoms with E-state index < -0.39 is 21.0 Å². The molecule has 0 atom stereocenters. The van der Waals surface area contributed by atoms with Crippen molar-refractivity contribution in [1.82, 2.24) is 0 Å². The Kier molecular flexibility index (Phi) is 5.96. The van der Waals surface area contributed by atoms with Crippen LogP contribution in [0.3, 0.4) is 0 Å². The summed E-state index contributed by atoms with van der Waals surface area (Å²) in [4.78, 5) is -0.412. The van der Waals surface area contributed by atoms with E-state index in [0.29, 0.717) is 11.4 Å². The van der Waals surface area contributed by atoms with Gasteiger partial charge >= 0.3 is 0 Å². The molecular formula is C16H20N2O6S2. The zero-order valence-corrected chi connectivity index (χ0v) is 15.7. The second kappa shape index (κ2) is 7.66. The maximum absolute atomic E-state index is 11.6. The Bertz CT molecular complexity index is 936. The molecule has 0 fully saturated rings. The predicted molar refractivity (Wildman–Crippen MR) is 104 cm³/mol. The summed E-state index contributed by atoms with van der Waals surface area (Å²) < 4.78 is 61.5. The van der Waals surface area contributed by atoms with E-state index in [1.807, 2.05) is 0 Å². The second-order valence-electron chi connectivity index (χ2n) is 5.33. The summed E-state index contributed by atoms with van der Waals surface area (Å²) in [7, 11) is -5.20. The summed E-state index contributed by atoms with van der Waals surface area (Å²) >= 11 is 0.